The number of nitrogens with one attached hydrogen (secondary N) is 1. The molecule has 2 aromatic carbocycles. The topological polar surface area (TPSA) is 115 Å². The molecule has 0 aliphatic carbocycles. The average Bonchev–Trinajstić information content (AvgIpc) is 3.21. The molecule has 0 amide bonds. The first-order chi connectivity index (χ1) is 16.0. The smallest absolute Gasteiger partial charge is 0.354 e. The number of nitrogen functional groups attached to an aromatic ring is 1. The van der Waals surface area contributed by atoms with Crippen molar-refractivity contribution in [2.24, 2.45) is 0 Å². The number of hydrogen-bond donors (Lipinski definition) is 2. The van der Waals surface area contributed by atoms with Gasteiger partial charge in [-0.1, -0.05) is 54.1 Å². The molecule has 0 fully saturated rings. The van der Waals surface area contributed by atoms with Crippen LogP contribution in [0.25, 0.3) is 38.9 Å². The summed E-state index contributed by atoms with van der Waals surface area (Å²) in [5.74, 6) is -0.306. The number of H-pyrrole nitrogens is 1. The summed E-state index contributed by atoms with van der Waals surface area (Å²) in [7, 11) is 0. The number of carbonyl (C=O) groups excluding carboxylic acids is 1. The van der Waals surface area contributed by atoms with Gasteiger partial charge in [0.05, 0.1) is 23.2 Å². The fourth-order valence-electron chi connectivity index (χ4n) is 3.93. The number of pyridine rings is 1. The van der Waals surface area contributed by atoms with Gasteiger partial charge in [0.25, 0.3) is 0 Å². The number of anilines is 1. The minimum Gasteiger partial charge on any atom is -0.462 e. The highest BCUT2D eigenvalue weighted by Crippen LogP contribution is 2.35. The molecule has 33 heavy (non-hydrogen) atoms. The Morgan fingerprint density at radius 2 is 1.85 bits per heavy atom. The summed E-state index contributed by atoms with van der Waals surface area (Å²) in [6.45, 7) is 1.89. The van der Waals surface area contributed by atoms with E-state index in [2.05, 4.69) is 15.2 Å². The molecule has 0 saturated carbocycles. The van der Waals surface area contributed by atoms with Crippen LogP contribution in [0.5, 0.6) is 0 Å². The second-order valence-electron chi connectivity index (χ2n) is 7.33. The monoisotopic (exact) mass is 459 g/mol. The molecule has 0 unspecified atom stereocenters. The molecule has 0 spiro atoms. The summed E-state index contributed by atoms with van der Waals surface area (Å²) >= 11 is 6.08. The van der Waals surface area contributed by atoms with Crippen molar-refractivity contribution < 1.29 is 9.53 Å². The van der Waals surface area contributed by atoms with E-state index in [0.29, 0.717) is 27.1 Å². The predicted octanol–water partition coefficient (Wildman–Crippen LogP) is 4.32. The van der Waals surface area contributed by atoms with Gasteiger partial charge in [0.2, 0.25) is 0 Å². The van der Waals surface area contributed by atoms with E-state index < -0.39 is 11.7 Å². The summed E-state index contributed by atoms with van der Waals surface area (Å²) in [5, 5.41) is 8.11. The highest BCUT2D eigenvalue weighted by Gasteiger charge is 2.25. The lowest BCUT2D eigenvalue weighted by Gasteiger charge is -2.14. The van der Waals surface area contributed by atoms with Crippen LogP contribution in [0.1, 0.15) is 17.3 Å². The highest BCUT2D eigenvalue weighted by molar-refractivity contribution is 6.30. The second-order valence-corrected chi connectivity index (χ2v) is 7.76. The van der Waals surface area contributed by atoms with Crippen LogP contribution in [0.15, 0.2) is 65.5 Å². The Morgan fingerprint density at radius 3 is 2.55 bits per heavy atom. The molecule has 0 aliphatic rings. The van der Waals surface area contributed by atoms with Gasteiger partial charge in [0.15, 0.2) is 5.65 Å². The molecule has 8 nitrogen and oxygen atoms in total. The average molecular weight is 460 g/mol. The predicted molar refractivity (Wildman–Crippen MR) is 127 cm³/mol. The van der Waals surface area contributed by atoms with E-state index in [1.807, 2.05) is 30.3 Å². The van der Waals surface area contributed by atoms with Gasteiger partial charge in [-0.3, -0.25) is 5.10 Å². The molecule has 164 valence electrons. The van der Waals surface area contributed by atoms with Crippen molar-refractivity contribution in [3.8, 4) is 22.4 Å². The van der Waals surface area contributed by atoms with Crippen molar-refractivity contribution >= 4 is 39.9 Å². The first-order valence-corrected chi connectivity index (χ1v) is 10.6. The Hall–Kier alpha value is -4.17. The zero-order chi connectivity index (χ0) is 23.1. The van der Waals surface area contributed by atoms with Crippen LogP contribution < -0.4 is 11.4 Å². The van der Waals surface area contributed by atoms with E-state index in [-0.39, 0.29) is 29.3 Å². The van der Waals surface area contributed by atoms with E-state index in [9.17, 15) is 9.59 Å². The molecule has 0 saturated heterocycles. The van der Waals surface area contributed by atoms with Crippen LogP contribution in [0.3, 0.4) is 0 Å². The number of rotatable bonds is 4. The zero-order valence-electron chi connectivity index (χ0n) is 17.5. The minimum absolute atomic E-state index is 0.167. The fourth-order valence-corrected chi connectivity index (χ4v) is 4.05. The van der Waals surface area contributed by atoms with E-state index in [4.69, 9.17) is 22.1 Å². The number of aromatic nitrogens is 4. The van der Waals surface area contributed by atoms with E-state index in [0.717, 1.165) is 5.56 Å². The highest BCUT2D eigenvalue weighted by atomic mass is 35.5. The third-order valence-corrected chi connectivity index (χ3v) is 5.60. The zero-order valence-corrected chi connectivity index (χ0v) is 18.3. The number of ether oxygens (including phenoxy) is 1. The Balaban J connectivity index is 1.97. The number of nitrogens with zero attached hydrogens (tertiary/aromatic N) is 3. The Morgan fingerprint density at radius 1 is 1.12 bits per heavy atom. The molecule has 3 N–H and O–H groups in total. The molecule has 0 radical (unpaired) electrons. The fraction of sp³-hybridized carbons (Fsp3) is 0.0833. The van der Waals surface area contributed by atoms with Gasteiger partial charge in [0.1, 0.15) is 11.4 Å². The Bertz CT molecular complexity index is 1570. The summed E-state index contributed by atoms with van der Waals surface area (Å²) < 4.78 is 6.63. The molecule has 0 bridgehead atoms. The van der Waals surface area contributed by atoms with Crippen LogP contribution in [0.2, 0.25) is 5.02 Å². The van der Waals surface area contributed by atoms with Crippen molar-refractivity contribution in [3.63, 3.8) is 0 Å². The number of esters is 1. The molecular weight excluding hydrogens is 442 g/mol. The van der Waals surface area contributed by atoms with Crippen molar-refractivity contribution in [2.75, 3.05) is 12.3 Å². The third-order valence-electron chi connectivity index (χ3n) is 5.35. The number of nitrogens with two attached hydrogens (primary N) is 1. The number of hydrogen-bond acceptors (Lipinski definition) is 6. The maximum Gasteiger partial charge on any atom is 0.354 e. The first-order valence-electron chi connectivity index (χ1n) is 10.2. The van der Waals surface area contributed by atoms with Gasteiger partial charge in [-0.2, -0.15) is 10.1 Å². The maximum atomic E-state index is 13.2. The van der Waals surface area contributed by atoms with Crippen molar-refractivity contribution in [2.45, 2.75) is 6.92 Å². The maximum absolute atomic E-state index is 13.2. The van der Waals surface area contributed by atoms with Gasteiger partial charge < -0.3 is 10.5 Å². The van der Waals surface area contributed by atoms with Crippen molar-refractivity contribution in [3.05, 3.63) is 81.7 Å². The summed E-state index contributed by atoms with van der Waals surface area (Å²) in [6, 6.07) is 17.9. The van der Waals surface area contributed by atoms with Crippen LogP contribution in [0, 0.1) is 0 Å². The molecule has 3 aromatic heterocycles. The van der Waals surface area contributed by atoms with Crippen LogP contribution in [0.4, 0.5) is 5.82 Å². The minimum atomic E-state index is -0.591. The number of carbonyl (C=O) groups is 1. The molecule has 5 aromatic rings. The summed E-state index contributed by atoms with van der Waals surface area (Å²) in [4.78, 5) is 30.6. The van der Waals surface area contributed by atoms with Gasteiger partial charge in [0, 0.05) is 10.6 Å². The van der Waals surface area contributed by atoms with Gasteiger partial charge >= 0.3 is 11.7 Å². The Labute approximate surface area is 192 Å². The SMILES string of the molecule is CCOC(=O)c1c(-c2ccccc2)nc(=O)n2c1cc(-c1ccc(Cl)cc1)c1c(N)[nH]nc12. The number of fused-ring (bicyclic) bond motifs is 3. The standard InChI is InChI=1S/C24H18ClN5O3/c1-2-33-23(31)19-17-12-16(13-8-10-15(25)11-9-13)18-21(26)28-29-22(18)30(17)24(32)27-20(19)14-6-4-3-5-7-14/h3-12H,2H2,1H3,(H3,26,28,29). The quantitative estimate of drug-likeness (QED) is 0.387. The molecule has 0 aliphatic heterocycles. The van der Waals surface area contributed by atoms with Gasteiger partial charge in [-0.15, -0.1) is 0 Å². The largest absolute Gasteiger partial charge is 0.462 e. The van der Waals surface area contributed by atoms with Gasteiger partial charge in [-0.05, 0) is 36.2 Å². The first kappa shape index (κ1) is 20.7. The van der Waals surface area contributed by atoms with Crippen molar-refractivity contribution in [1.82, 2.24) is 19.6 Å². The van der Waals surface area contributed by atoms with E-state index >= 15 is 0 Å². The van der Waals surface area contributed by atoms with Gasteiger partial charge in [-0.25, -0.2) is 14.0 Å². The summed E-state index contributed by atoms with van der Waals surface area (Å²) in [5.41, 5.74) is 8.67. The second kappa shape index (κ2) is 8.07. The summed E-state index contributed by atoms with van der Waals surface area (Å²) in [6.07, 6.45) is 0. The lowest BCUT2D eigenvalue weighted by molar-refractivity contribution is 0.0528. The lowest BCUT2D eigenvalue weighted by atomic mass is 9.99. The third kappa shape index (κ3) is 3.41. The lowest BCUT2D eigenvalue weighted by Crippen LogP contribution is -2.23. The molecule has 0 atom stereocenters. The number of halogens is 1. The van der Waals surface area contributed by atoms with Crippen molar-refractivity contribution in [1.29, 1.82) is 0 Å². The van der Waals surface area contributed by atoms with Crippen LogP contribution in [-0.2, 0) is 4.74 Å². The molecule has 9 heteroatoms. The van der Waals surface area contributed by atoms with E-state index in [1.54, 1.807) is 37.3 Å². The Kier molecular flexibility index (Phi) is 5.07. The van der Waals surface area contributed by atoms with E-state index in [1.165, 1.54) is 4.40 Å². The normalized spacial score (nSPS) is 11.2. The number of benzene rings is 2. The van der Waals surface area contributed by atoms with Crippen LogP contribution in [-0.4, -0.2) is 32.2 Å². The molecule has 5 rings (SSSR count). The number of aromatic amines is 1. The van der Waals surface area contributed by atoms with Crippen LogP contribution >= 0.6 is 11.6 Å². The molecular formula is C24H18ClN5O3. The molecule has 3 heterocycles.